The van der Waals surface area contributed by atoms with Gasteiger partial charge in [-0.25, -0.2) is 14.0 Å². The van der Waals surface area contributed by atoms with E-state index in [2.05, 4.69) is 0 Å². The normalized spacial score (nSPS) is 11.5. The number of carbonyl (C=O) groups excluding carboxylic acids is 1. The smallest absolute Gasteiger partial charge is 0.415 e. The number of carboxylic acid groups (broad SMARTS) is 1. The second-order valence-corrected chi connectivity index (χ2v) is 8.69. The number of carboxylic acids is 1. The summed E-state index contributed by atoms with van der Waals surface area (Å²) >= 11 is 0. The third-order valence-electron chi connectivity index (χ3n) is 5.81. The van der Waals surface area contributed by atoms with Crippen LogP contribution in [0.25, 0.3) is 0 Å². The number of halogens is 1. The fraction of sp³-hybridized carbons (Fsp3) is 0.333. The molecule has 0 fully saturated rings. The lowest BCUT2D eigenvalue weighted by Gasteiger charge is -2.22. The number of methoxy groups -OCH3 is 1. The van der Waals surface area contributed by atoms with Gasteiger partial charge in [0.1, 0.15) is 29.7 Å². The van der Waals surface area contributed by atoms with E-state index in [0.29, 0.717) is 23.9 Å². The maximum Gasteiger partial charge on any atom is 0.415 e. The zero-order valence-electron chi connectivity index (χ0n) is 22.6. The summed E-state index contributed by atoms with van der Waals surface area (Å²) in [6, 6.07) is 19.8. The van der Waals surface area contributed by atoms with Crippen molar-refractivity contribution >= 4 is 12.1 Å². The molecule has 0 bridgehead atoms. The summed E-state index contributed by atoms with van der Waals surface area (Å²) in [6.45, 7) is 3.20. The number of aliphatic carboxylic acids is 1. The van der Waals surface area contributed by atoms with Crippen molar-refractivity contribution in [3.8, 4) is 17.2 Å². The summed E-state index contributed by atoms with van der Waals surface area (Å²) in [5.74, 6) is 0.136. The average Bonchev–Trinajstić information content (AvgIpc) is 2.95. The average molecular weight is 556 g/mol. The number of hydrogen-bond donors (Lipinski definition) is 1. The molecule has 0 saturated heterocycles. The third kappa shape index (κ3) is 10.2. The van der Waals surface area contributed by atoms with E-state index in [1.165, 1.54) is 24.1 Å². The Morgan fingerprint density at radius 3 is 2.25 bits per heavy atom. The molecule has 10 heteroatoms. The molecule has 1 amide bonds. The van der Waals surface area contributed by atoms with Gasteiger partial charge in [-0.1, -0.05) is 30.3 Å². The maximum absolute atomic E-state index is 13.1. The second kappa shape index (κ2) is 16.1. The Morgan fingerprint density at radius 1 is 0.900 bits per heavy atom. The van der Waals surface area contributed by atoms with Crippen molar-refractivity contribution in [1.82, 2.24) is 4.90 Å². The predicted molar refractivity (Wildman–Crippen MR) is 145 cm³/mol. The molecule has 0 radical (unpaired) electrons. The molecule has 0 aromatic heterocycles. The first-order valence-corrected chi connectivity index (χ1v) is 12.9. The fourth-order valence-corrected chi connectivity index (χ4v) is 3.70. The Labute approximate surface area is 233 Å². The topological polar surface area (TPSA) is 104 Å². The first-order chi connectivity index (χ1) is 19.4. The molecule has 3 aromatic rings. The van der Waals surface area contributed by atoms with E-state index in [4.69, 9.17) is 23.7 Å². The number of hydrogen-bond acceptors (Lipinski definition) is 7. The molecular formula is C30H34FNO8. The molecule has 1 atom stereocenters. The van der Waals surface area contributed by atoms with Gasteiger partial charge in [0.25, 0.3) is 0 Å². The summed E-state index contributed by atoms with van der Waals surface area (Å²) in [4.78, 5) is 25.8. The highest BCUT2D eigenvalue weighted by atomic mass is 19.1. The van der Waals surface area contributed by atoms with E-state index >= 15 is 0 Å². The first-order valence-electron chi connectivity index (χ1n) is 12.9. The molecule has 1 N–H and O–H groups in total. The van der Waals surface area contributed by atoms with Gasteiger partial charge in [0.2, 0.25) is 0 Å². The summed E-state index contributed by atoms with van der Waals surface area (Å²) in [5, 5.41) is 9.28. The molecule has 9 nitrogen and oxygen atoms in total. The van der Waals surface area contributed by atoms with Gasteiger partial charge in [-0.15, -0.1) is 0 Å². The number of amides is 1. The predicted octanol–water partition coefficient (Wildman–Crippen LogP) is 4.96. The van der Waals surface area contributed by atoms with Crippen LogP contribution in [0.15, 0.2) is 72.8 Å². The van der Waals surface area contributed by atoms with Gasteiger partial charge < -0.3 is 33.7 Å². The van der Waals surface area contributed by atoms with Crippen molar-refractivity contribution in [2.24, 2.45) is 0 Å². The number of carbonyl (C=O) groups is 2. The number of ether oxygens (including phenoxy) is 5. The minimum atomic E-state index is -1.01. The zero-order valence-corrected chi connectivity index (χ0v) is 22.6. The van der Waals surface area contributed by atoms with Crippen LogP contribution in [0.5, 0.6) is 17.2 Å². The van der Waals surface area contributed by atoms with E-state index in [0.717, 1.165) is 11.1 Å². The molecule has 214 valence electrons. The van der Waals surface area contributed by atoms with Gasteiger partial charge in [-0.3, -0.25) is 0 Å². The summed E-state index contributed by atoms with van der Waals surface area (Å²) in [7, 11) is 1.53. The second-order valence-electron chi connectivity index (χ2n) is 8.69. The monoisotopic (exact) mass is 555 g/mol. The van der Waals surface area contributed by atoms with Crippen LogP contribution in [0.2, 0.25) is 0 Å². The lowest BCUT2D eigenvalue weighted by molar-refractivity contribution is -0.149. The van der Waals surface area contributed by atoms with Crippen molar-refractivity contribution in [2.75, 3.05) is 40.0 Å². The largest absolute Gasteiger partial charge is 0.497 e. The van der Waals surface area contributed by atoms with Crippen LogP contribution in [0, 0.1) is 5.82 Å². The van der Waals surface area contributed by atoms with Crippen LogP contribution < -0.4 is 14.2 Å². The van der Waals surface area contributed by atoms with E-state index in [9.17, 15) is 19.1 Å². The highest BCUT2D eigenvalue weighted by Crippen LogP contribution is 2.20. The van der Waals surface area contributed by atoms with Crippen molar-refractivity contribution in [2.45, 2.75) is 26.1 Å². The maximum atomic E-state index is 13.1. The molecule has 0 heterocycles. The summed E-state index contributed by atoms with van der Waals surface area (Å²) < 4.78 is 40.6. The van der Waals surface area contributed by atoms with Crippen LogP contribution in [-0.2, 0) is 27.3 Å². The molecule has 0 aliphatic heterocycles. The minimum Gasteiger partial charge on any atom is -0.497 e. The molecule has 1 unspecified atom stereocenters. The lowest BCUT2D eigenvalue weighted by Crippen LogP contribution is -2.39. The third-order valence-corrected chi connectivity index (χ3v) is 5.81. The van der Waals surface area contributed by atoms with Crippen LogP contribution in [0.1, 0.15) is 18.1 Å². The zero-order chi connectivity index (χ0) is 28.7. The lowest BCUT2D eigenvalue weighted by atomic mass is 10.1. The summed E-state index contributed by atoms with van der Waals surface area (Å²) in [6.07, 6.45) is -1.25. The molecular weight excluding hydrogens is 521 g/mol. The van der Waals surface area contributed by atoms with Crippen LogP contribution >= 0.6 is 0 Å². The van der Waals surface area contributed by atoms with Gasteiger partial charge in [0, 0.05) is 25.6 Å². The van der Waals surface area contributed by atoms with Gasteiger partial charge in [-0.05, 0) is 54.4 Å². The van der Waals surface area contributed by atoms with Crippen LogP contribution in [0.3, 0.4) is 0 Å². The van der Waals surface area contributed by atoms with Crippen molar-refractivity contribution < 1.29 is 42.8 Å². The quantitative estimate of drug-likeness (QED) is 0.247. The Kier molecular flexibility index (Phi) is 12.2. The SMILES string of the molecule is CCOC(Cc1ccc(OCCN(CCOCc2ccc(F)cc2)C(=O)Oc2cccc(OC)c2)cc1)C(=O)O. The van der Waals surface area contributed by atoms with E-state index in [-0.39, 0.29) is 45.1 Å². The fourth-order valence-electron chi connectivity index (χ4n) is 3.70. The van der Waals surface area contributed by atoms with E-state index < -0.39 is 18.2 Å². The Morgan fingerprint density at radius 2 is 1.57 bits per heavy atom. The van der Waals surface area contributed by atoms with Gasteiger partial charge in [-0.2, -0.15) is 0 Å². The molecule has 3 rings (SSSR count). The Balaban J connectivity index is 1.55. The highest BCUT2D eigenvalue weighted by molar-refractivity contribution is 5.72. The van der Waals surface area contributed by atoms with E-state index in [1.807, 2.05) is 0 Å². The van der Waals surface area contributed by atoms with Crippen LogP contribution in [0.4, 0.5) is 9.18 Å². The molecule has 0 saturated carbocycles. The number of nitrogens with zero attached hydrogens (tertiary/aromatic N) is 1. The van der Waals surface area contributed by atoms with Crippen molar-refractivity contribution in [3.05, 3.63) is 89.7 Å². The van der Waals surface area contributed by atoms with E-state index in [1.54, 1.807) is 67.6 Å². The van der Waals surface area contributed by atoms with Crippen molar-refractivity contribution in [1.29, 1.82) is 0 Å². The molecule has 0 aliphatic carbocycles. The number of rotatable bonds is 16. The number of benzene rings is 3. The Hall–Kier alpha value is -4.15. The minimum absolute atomic E-state index is 0.182. The van der Waals surface area contributed by atoms with Gasteiger partial charge in [0.15, 0.2) is 6.10 Å². The summed E-state index contributed by atoms with van der Waals surface area (Å²) in [5.41, 5.74) is 1.62. The molecule has 40 heavy (non-hydrogen) atoms. The molecule has 3 aromatic carbocycles. The molecule has 0 aliphatic rings. The molecule has 0 spiro atoms. The highest BCUT2D eigenvalue weighted by Gasteiger charge is 2.19. The first kappa shape index (κ1) is 30.4. The van der Waals surface area contributed by atoms with Crippen molar-refractivity contribution in [3.63, 3.8) is 0 Å². The van der Waals surface area contributed by atoms with Gasteiger partial charge >= 0.3 is 12.1 Å². The van der Waals surface area contributed by atoms with Crippen LogP contribution in [-0.4, -0.2) is 68.2 Å². The standard InChI is InChI=1S/C30H34FNO8/c1-3-38-28(29(33)34)19-22-9-13-25(14-10-22)39-18-16-32(15-17-37-21-23-7-11-24(31)12-8-23)30(35)40-27-6-4-5-26(20-27)36-2/h4-14,20,28H,3,15-19,21H2,1-2H3,(H,33,34). The van der Waals surface area contributed by atoms with Gasteiger partial charge in [0.05, 0.1) is 26.9 Å². The Bertz CT molecular complexity index is 1200.